The molecule has 2 aliphatic carbocycles. The summed E-state index contributed by atoms with van der Waals surface area (Å²) in [6, 6.07) is 5.08. The lowest BCUT2D eigenvalue weighted by atomic mass is 9.91. The predicted molar refractivity (Wildman–Crippen MR) is 188 cm³/mol. The predicted octanol–water partition coefficient (Wildman–Crippen LogP) is 3.14. The number of rotatable bonds is 8. The van der Waals surface area contributed by atoms with E-state index in [-0.39, 0.29) is 42.8 Å². The quantitative estimate of drug-likeness (QED) is 0.296. The van der Waals surface area contributed by atoms with Crippen molar-refractivity contribution in [3.63, 3.8) is 0 Å². The van der Waals surface area contributed by atoms with Gasteiger partial charge in [0.15, 0.2) is 5.78 Å². The summed E-state index contributed by atoms with van der Waals surface area (Å²) in [7, 11) is -6.64. The number of hydrogen-bond acceptors (Lipinski definition) is 10. The highest BCUT2D eigenvalue weighted by Crippen LogP contribution is 2.57. The summed E-state index contributed by atoms with van der Waals surface area (Å²) in [5.41, 5.74) is -1.25. The molecule has 1 aromatic carbocycles. The molecule has 5 atom stereocenters. The minimum absolute atomic E-state index is 0.102. The highest BCUT2D eigenvalue weighted by molar-refractivity contribution is 9.10. The number of Topliss-reactive ketones (excluding diaryl/α,β-unsaturated/α-hetero) is 1. The summed E-state index contributed by atoms with van der Waals surface area (Å²) < 4.78 is 61.7. The maximum atomic E-state index is 14.4. The number of sulfonamides is 1. The van der Waals surface area contributed by atoms with Crippen molar-refractivity contribution in [1.29, 1.82) is 0 Å². The molecule has 1 aromatic heterocycles. The van der Waals surface area contributed by atoms with Gasteiger partial charge >= 0.3 is 0 Å². The van der Waals surface area contributed by atoms with Gasteiger partial charge in [-0.25, -0.2) is 8.42 Å². The van der Waals surface area contributed by atoms with Gasteiger partial charge in [-0.3, -0.25) is 32.8 Å². The lowest BCUT2D eigenvalue weighted by molar-refractivity contribution is -0.140. The monoisotopic (exact) mass is 807 g/mol. The summed E-state index contributed by atoms with van der Waals surface area (Å²) in [5, 5.41) is 6.91. The molecule has 1 saturated heterocycles. The molecule has 0 spiro atoms. The Hall–Kier alpha value is -3.41. The van der Waals surface area contributed by atoms with Gasteiger partial charge in [-0.15, -0.1) is 0 Å². The molecule has 4 aliphatic rings. The summed E-state index contributed by atoms with van der Waals surface area (Å²) in [6.07, 6.45) is 7.81. The molecular formula is C34H42BrN5O9S2. The van der Waals surface area contributed by atoms with Crippen LogP contribution in [0.2, 0.25) is 0 Å². The number of aryl methyl sites for hydroxylation is 1. The molecule has 6 rings (SSSR count). The zero-order valence-corrected chi connectivity index (χ0v) is 31.6. The lowest BCUT2D eigenvalue weighted by Crippen LogP contribution is -2.52. The fourth-order valence-electron chi connectivity index (χ4n) is 6.88. The smallest absolute Gasteiger partial charge is 0.297 e. The van der Waals surface area contributed by atoms with Gasteiger partial charge < -0.3 is 10.2 Å². The molecule has 2 N–H and O–H groups in total. The topological polar surface area (TPSA) is 191 Å². The van der Waals surface area contributed by atoms with Gasteiger partial charge in [0.1, 0.15) is 11.7 Å². The van der Waals surface area contributed by atoms with Crippen LogP contribution < -0.4 is 10.0 Å². The van der Waals surface area contributed by atoms with E-state index in [1.807, 2.05) is 12.2 Å². The van der Waals surface area contributed by atoms with Crippen molar-refractivity contribution in [1.82, 2.24) is 24.7 Å². The molecule has 276 valence electrons. The average Bonchev–Trinajstić information content (AvgIpc) is 3.87. The Morgan fingerprint density at radius 2 is 1.76 bits per heavy atom. The van der Waals surface area contributed by atoms with E-state index in [2.05, 4.69) is 31.1 Å². The fraction of sp³-hybridized carbons (Fsp3) is 0.559. The van der Waals surface area contributed by atoms with E-state index in [9.17, 15) is 36.0 Å². The van der Waals surface area contributed by atoms with Crippen molar-refractivity contribution in [3.8, 4) is 0 Å². The number of nitrogens with one attached hydrogen (secondary N) is 2. The standard InChI is InChI=1S/C34H42BrN5O9S2/c1-33(15-16-33)51(47,48)38-32(44)34-19-22(34)8-6-4-3-5-7-9-27(36-30(42)26-14-17-39(2)37-26)31(43)40-21-24(18-28(40)29(41)20-34)49-50(45,46)25-12-10-23(35)11-13-25/h6,8,10-14,17,22,24,27-28H,3-5,7,9,15-16,18-21H2,1-2H3,(H,36,42)(H,38,44)/b8-6-/t22-,24+,27+,28+,34-/m1/s1. The van der Waals surface area contributed by atoms with Crippen LogP contribution in [0.5, 0.6) is 0 Å². The molecule has 0 unspecified atom stereocenters. The van der Waals surface area contributed by atoms with E-state index in [0.717, 1.165) is 12.8 Å². The van der Waals surface area contributed by atoms with Gasteiger partial charge in [0.05, 0.1) is 27.2 Å². The van der Waals surface area contributed by atoms with E-state index in [1.165, 1.54) is 27.8 Å². The Labute approximate surface area is 306 Å². The molecule has 14 nitrogen and oxygen atoms in total. The summed E-state index contributed by atoms with van der Waals surface area (Å²) >= 11 is 3.28. The molecule has 17 heteroatoms. The van der Waals surface area contributed by atoms with Crippen molar-refractivity contribution in [3.05, 3.63) is 58.8 Å². The number of carbonyl (C=O) groups is 4. The van der Waals surface area contributed by atoms with Crippen LogP contribution in [0.4, 0.5) is 0 Å². The number of benzene rings is 1. The van der Waals surface area contributed by atoms with Crippen LogP contribution in [-0.2, 0) is 45.8 Å². The Balaban J connectivity index is 1.30. The van der Waals surface area contributed by atoms with Crippen molar-refractivity contribution in [2.24, 2.45) is 18.4 Å². The highest BCUT2D eigenvalue weighted by Gasteiger charge is 2.62. The summed E-state index contributed by atoms with van der Waals surface area (Å²) in [6.45, 7) is 1.30. The molecule has 51 heavy (non-hydrogen) atoms. The first-order valence-corrected chi connectivity index (χ1v) is 20.8. The largest absolute Gasteiger partial charge is 0.339 e. The van der Waals surface area contributed by atoms with Gasteiger partial charge in [0.2, 0.25) is 21.8 Å². The van der Waals surface area contributed by atoms with Crippen molar-refractivity contribution in [2.45, 2.75) is 99.0 Å². The third-order valence-corrected chi connectivity index (χ3v) is 14.5. The maximum Gasteiger partial charge on any atom is 0.297 e. The molecule has 2 aliphatic heterocycles. The third kappa shape index (κ3) is 8.00. The number of aromatic nitrogens is 2. The van der Waals surface area contributed by atoms with E-state index >= 15 is 0 Å². The fourth-order valence-corrected chi connectivity index (χ4v) is 9.55. The van der Waals surface area contributed by atoms with Gasteiger partial charge in [-0.05, 0) is 81.7 Å². The summed E-state index contributed by atoms with van der Waals surface area (Å²) in [5.74, 6) is -2.85. The van der Waals surface area contributed by atoms with Gasteiger partial charge in [0, 0.05) is 37.1 Å². The Morgan fingerprint density at radius 1 is 1.04 bits per heavy atom. The summed E-state index contributed by atoms with van der Waals surface area (Å²) in [4.78, 5) is 56.8. The normalized spacial score (nSPS) is 28.8. The second-order valence-electron chi connectivity index (χ2n) is 14.3. The number of nitrogens with zero attached hydrogens (tertiary/aromatic N) is 3. The van der Waals surface area contributed by atoms with Crippen LogP contribution in [0, 0.1) is 11.3 Å². The number of halogens is 1. The third-order valence-electron chi connectivity index (χ3n) is 10.5. The lowest BCUT2D eigenvalue weighted by Gasteiger charge is -2.29. The second kappa shape index (κ2) is 14.2. The molecule has 2 saturated carbocycles. The van der Waals surface area contributed by atoms with E-state index in [4.69, 9.17) is 4.18 Å². The van der Waals surface area contributed by atoms with Gasteiger partial charge in [-0.2, -0.15) is 13.5 Å². The van der Waals surface area contributed by atoms with Crippen LogP contribution in [-0.4, -0.2) is 84.5 Å². The van der Waals surface area contributed by atoms with Gasteiger partial charge in [0.25, 0.3) is 16.0 Å². The maximum absolute atomic E-state index is 14.4. The molecule has 2 aromatic rings. The second-order valence-corrected chi connectivity index (χ2v) is 19.0. The Morgan fingerprint density at radius 3 is 2.43 bits per heavy atom. The zero-order valence-electron chi connectivity index (χ0n) is 28.4. The Bertz CT molecular complexity index is 1960. The van der Waals surface area contributed by atoms with E-state index in [1.54, 1.807) is 32.3 Å². The molecular weight excluding hydrogens is 766 g/mol. The minimum Gasteiger partial charge on any atom is -0.339 e. The van der Waals surface area contributed by atoms with E-state index < -0.39 is 77.9 Å². The number of ketones is 1. The number of fused-ring (bicyclic) bond motifs is 2. The average molecular weight is 809 g/mol. The SMILES string of the molecule is Cn1ccc(C(=O)N[C@H]2CCCCC/C=C\[C@@H]3C[C@@]3(C(=O)NS(=O)(=O)C3(C)CC3)CC(=O)[C@@H]3C[C@H](OS(=O)(=O)c4ccc(Br)cc4)CN3C2=O)n1. The molecule has 3 heterocycles. The number of allylic oxidation sites excluding steroid dienone is 2. The van der Waals surface area contributed by atoms with Gasteiger partial charge in [-0.1, -0.05) is 40.9 Å². The Kier molecular flexibility index (Phi) is 10.4. The number of amides is 3. The first-order chi connectivity index (χ1) is 24.0. The van der Waals surface area contributed by atoms with Crippen molar-refractivity contribution >= 4 is 59.6 Å². The van der Waals surface area contributed by atoms with Crippen molar-refractivity contribution in [2.75, 3.05) is 6.54 Å². The van der Waals surface area contributed by atoms with Crippen LogP contribution in [0.3, 0.4) is 0 Å². The van der Waals surface area contributed by atoms with Crippen LogP contribution in [0.25, 0.3) is 0 Å². The molecule has 3 fully saturated rings. The molecule has 0 bridgehead atoms. The molecule has 3 amide bonds. The molecule has 0 radical (unpaired) electrons. The minimum atomic E-state index is -4.31. The van der Waals surface area contributed by atoms with Crippen LogP contribution >= 0.6 is 15.9 Å². The zero-order chi connectivity index (χ0) is 36.8. The number of carbonyl (C=O) groups excluding carboxylic acids is 4. The highest BCUT2D eigenvalue weighted by atomic mass is 79.9. The first kappa shape index (κ1) is 37.4. The van der Waals surface area contributed by atoms with E-state index in [0.29, 0.717) is 30.2 Å². The first-order valence-electron chi connectivity index (χ1n) is 17.1. The van der Waals surface area contributed by atoms with Crippen LogP contribution in [0.1, 0.15) is 81.6 Å². The van der Waals surface area contributed by atoms with Crippen LogP contribution in [0.15, 0.2) is 58.0 Å². The number of hydrogen-bond donors (Lipinski definition) is 2. The van der Waals surface area contributed by atoms with Crippen molar-refractivity contribution < 1.29 is 40.2 Å².